The topological polar surface area (TPSA) is 54.7 Å². The molecule has 0 fully saturated rings. The van der Waals surface area contributed by atoms with Crippen LogP contribution in [0.25, 0.3) is 22.4 Å². The number of hydrogen-bond acceptors (Lipinski definition) is 2. The zero-order valence-corrected chi connectivity index (χ0v) is 12.5. The van der Waals surface area contributed by atoms with E-state index in [1.165, 1.54) is 5.56 Å². The third-order valence-corrected chi connectivity index (χ3v) is 3.83. The van der Waals surface area contributed by atoms with E-state index in [9.17, 15) is 0 Å². The minimum Gasteiger partial charge on any atom is -0.397 e. The van der Waals surface area contributed by atoms with Crippen molar-refractivity contribution in [3.05, 3.63) is 45.4 Å². The van der Waals surface area contributed by atoms with Gasteiger partial charge >= 0.3 is 0 Å². The van der Waals surface area contributed by atoms with Gasteiger partial charge in [-0.2, -0.15) is 0 Å². The van der Waals surface area contributed by atoms with Crippen molar-refractivity contribution in [1.29, 1.82) is 0 Å². The van der Waals surface area contributed by atoms with Gasteiger partial charge < -0.3 is 10.7 Å². The van der Waals surface area contributed by atoms with E-state index in [1.807, 2.05) is 25.1 Å². The number of nitrogen functional groups attached to an aromatic ring is 1. The zero-order chi connectivity index (χ0) is 13.6. The molecule has 1 heterocycles. The lowest BCUT2D eigenvalue weighted by atomic mass is 10.1. The van der Waals surface area contributed by atoms with Gasteiger partial charge in [-0.3, -0.25) is 0 Å². The normalized spacial score (nSPS) is 11.1. The van der Waals surface area contributed by atoms with Crippen LogP contribution >= 0.6 is 27.5 Å². The van der Waals surface area contributed by atoms with Crippen molar-refractivity contribution < 1.29 is 0 Å². The molecule has 1 aromatic heterocycles. The van der Waals surface area contributed by atoms with Crippen molar-refractivity contribution in [2.75, 3.05) is 5.73 Å². The molecule has 19 heavy (non-hydrogen) atoms. The number of hydrogen-bond donors (Lipinski definition) is 2. The Bertz CT molecular complexity index is 780. The molecule has 3 aromatic rings. The number of halogens is 2. The summed E-state index contributed by atoms with van der Waals surface area (Å²) in [6, 6.07) is 9.65. The number of fused-ring (bicyclic) bond motifs is 1. The van der Waals surface area contributed by atoms with E-state index in [-0.39, 0.29) is 0 Å². The Morgan fingerprint density at radius 2 is 2.05 bits per heavy atom. The van der Waals surface area contributed by atoms with E-state index < -0.39 is 0 Å². The van der Waals surface area contributed by atoms with Crippen LogP contribution in [0.15, 0.2) is 34.8 Å². The Morgan fingerprint density at radius 3 is 2.79 bits per heavy atom. The molecule has 0 amide bonds. The molecule has 3 N–H and O–H groups in total. The first-order valence-corrected chi connectivity index (χ1v) is 6.93. The molecule has 0 radical (unpaired) electrons. The van der Waals surface area contributed by atoms with Gasteiger partial charge in [-0.25, -0.2) is 4.98 Å². The van der Waals surface area contributed by atoms with E-state index in [2.05, 4.69) is 32.0 Å². The average molecular weight is 337 g/mol. The highest BCUT2D eigenvalue weighted by molar-refractivity contribution is 9.10. The molecule has 0 aliphatic rings. The van der Waals surface area contributed by atoms with Crippen LogP contribution in [0.3, 0.4) is 0 Å². The number of benzene rings is 2. The maximum atomic E-state index is 5.99. The number of aryl methyl sites for hydroxylation is 1. The molecule has 5 heteroatoms. The van der Waals surface area contributed by atoms with E-state index in [1.54, 1.807) is 6.07 Å². The molecule has 96 valence electrons. The number of imidazole rings is 1. The molecule has 0 spiro atoms. The molecule has 0 atom stereocenters. The van der Waals surface area contributed by atoms with Gasteiger partial charge in [0.25, 0.3) is 0 Å². The van der Waals surface area contributed by atoms with Crippen molar-refractivity contribution in [2.24, 2.45) is 0 Å². The second kappa shape index (κ2) is 4.54. The second-order valence-corrected chi connectivity index (χ2v) is 5.75. The van der Waals surface area contributed by atoms with Gasteiger partial charge in [-0.15, -0.1) is 0 Å². The quantitative estimate of drug-likeness (QED) is 0.641. The lowest BCUT2D eigenvalue weighted by molar-refractivity contribution is 1.32. The Balaban J connectivity index is 2.23. The van der Waals surface area contributed by atoms with Crippen molar-refractivity contribution >= 4 is 44.3 Å². The molecule has 2 aromatic carbocycles. The third kappa shape index (κ3) is 2.22. The Hall–Kier alpha value is -1.52. The Morgan fingerprint density at radius 1 is 1.26 bits per heavy atom. The molecule has 0 aliphatic carbocycles. The minimum absolute atomic E-state index is 0.577. The van der Waals surface area contributed by atoms with Gasteiger partial charge in [-0.05, 0) is 36.8 Å². The molecule has 0 bridgehead atoms. The number of anilines is 1. The first kappa shape index (κ1) is 12.5. The van der Waals surface area contributed by atoms with E-state index in [4.69, 9.17) is 17.3 Å². The third-order valence-electron chi connectivity index (χ3n) is 2.96. The zero-order valence-electron chi connectivity index (χ0n) is 10.2. The van der Waals surface area contributed by atoms with Crippen molar-refractivity contribution in [3.63, 3.8) is 0 Å². The van der Waals surface area contributed by atoms with Crippen molar-refractivity contribution in [1.82, 2.24) is 9.97 Å². The number of rotatable bonds is 1. The van der Waals surface area contributed by atoms with Gasteiger partial charge in [0.05, 0.1) is 11.2 Å². The summed E-state index contributed by atoms with van der Waals surface area (Å²) in [5, 5.41) is 0.600. The summed E-state index contributed by atoms with van der Waals surface area (Å²) >= 11 is 9.55. The van der Waals surface area contributed by atoms with Gasteiger partial charge in [0.1, 0.15) is 11.3 Å². The van der Waals surface area contributed by atoms with Crippen molar-refractivity contribution in [2.45, 2.75) is 6.92 Å². The lowest BCUT2D eigenvalue weighted by Gasteiger charge is -2.01. The highest BCUT2D eigenvalue weighted by atomic mass is 79.9. The number of nitrogens with two attached hydrogens (primary N) is 1. The molecule has 0 saturated carbocycles. The summed E-state index contributed by atoms with van der Waals surface area (Å²) in [5.41, 5.74) is 10.3. The highest BCUT2D eigenvalue weighted by Gasteiger charge is 2.11. The SMILES string of the molecule is Cc1ccc(-c2nc3c(N)cc(Cl)cc3[nH]2)c(Br)c1. The fourth-order valence-electron chi connectivity index (χ4n) is 2.05. The van der Waals surface area contributed by atoms with Gasteiger partial charge in [0, 0.05) is 15.1 Å². The van der Waals surface area contributed by atoms with Crippen LogP contribution in [-0.4, -0.2) is 9.97 Å². The van der Waals surface area contributed by atoms with Crippen LogP contribution in [0.2, 0.25) is 5.02 Å². The summed E-state index contributed by atoms with van der Waals surface area (Å²) in [4.78, 5) is 7.79. The highest BCUT2D eigenvalue weighted by Crippen LogP contribution is 2.31. The van der Waals surface area contributed by atoms with E-state index >= 15 is 0 Å². The Labute approximate surface area is 123 Å². The first-order valence-electron chi connectivity index (χ1n) is 5.76. The summed E-state index contributed by atoms with van der Waals surface area (Å²) in [6.07, 6.45) is 0. The maximum absolute atomic E-state index is 5.99. The Kier molecular flexibility index (Phi) is 2.99. The van der Waals surface area contributed by atoms with Crippen LogP contribution in [0, 0.1) is 6.92 Å². The molecule has 3 nitrogen and oxygen atoms in total. The second-order valence-electron chi connectivity index (χ2n) is 4.46. The largest absolute Gasteiger partial charge is 0.397 e. The van der Waals surface area contributed by atoms with E-state index in [0.717, 1.165) is 26.9 Å². The molecule has 3 rings (SSSR count). The van der Waals surface area contributed by atoms with E-state index in [0.29, 0.717) is 10.7 Å². The molecule has 0 aliphatic heterocycles. The standard InChI is InChI=1S/C14H11BrClN3/c1-7-2-3-9(10(15)4-7)14-18-12-6-8(16)5-11(17)13(12)19-14/h2-6H,17H2,1H3,(H,18,19). The number of aromatic nitrogens is 2. The summed E-state index contributed by atoms with van der Waals surface area (Å²) in [7, 11) is 0. The van der Waals surface area contributed by atoms with Crippen LogP contribution in [0.5, 0.6) is 0 Å². The lowest BCUT2D eigenvalue weighted by Crippen LogP contribution is -1.86. The summed E-state index contributed by atoms with van der Waals surface area (Å²) in [5.74, 6) is 0.774. The molecular weight excluding hydrogens is 326 g/mol. The fourth-order valence-corrected chi connectivity index (χ4v) is 2.96. The minimum atomic E-state index is 0.577. The number of nitrogens with one attached hydrogen (secondary N) is 1. The maximum Gasteiger partial charge on any atom is 0.139 e. The fraction of sp³-hybridized carbons (Fsp3) is 0.0714. The predicted octanol–water partition coefficient (Wildman–Crippen LogP) is 4.54. The van der Waals surface area contributed by atoms with Crippen LogP contribution in [-0.2, 0) is 0 Å². The van der Waals surface area contributed by atoms with Crippen molar-refractivity contribution in [3.8, 4) is 11.4 Å². The molecule has 0 unspecified atom stereocenters. The molecule has 0 saturated heterocycles. The first-order chi connectivity index (χ1) is 9.04. The summed E-state index contributed by atoms with van der Waals surface area (Å²) < 4.78 is 0.997. The van der Waals surface area contributed by atoms with Crippen LogP contribution in [0.4, 0.5) is 5.69 Å². The molecular formula is C14H11BrClN3. The smallest absolute Gasteiger partial charge is 0.139 e. The van der Waals surface area contributed by atoms with Gasteiger partial charge in [-0.1, -0.05) is 33.6 Å². The van der Waals surface area contributed by atoms with Crippen LogP contribution < -0.4 is 5.73 Å². The average Bonchev–Trinajstić information content (AvgIpc) is 2.72. The predicted molar refractivity (Wildman–Crippen MR) is 83.4 cm³/mol. The number of aromatic amines is 1. The number of nitrogens with zero attached hydrogens (tertiary/aromatic N) is 1. The summed E-state index contributed by atoms with van der Waals surface area (Å²) in [6.45, 7) is 2.05. The van der Waals surface area contributed by atoms with Gasteiger partial charge in [0.2, 0.25) is 0 Å². The monoisotopic (exact) mass is 335 g/mol. The van der Waals surface area contributed by atoms with Crippen LogP contribution in [0.1, 0.15) is 5.56 Å². The van der Waals surface area contributed by atoms with Gasteiger partial charge in [0.15, 0.2) is 0 Å². The number of H-pyrrole nitrogens is 1.